The lowest BCUT2D eigenvalue weighted by atomic mass is 10.2. The zero-order valence-electron chi connectivity index (χ0n) is 13.1. The summed E-state index contributed by atoms with van der Waals surface area (Å²) in [7, 11) is 1.63. The van der Waals surface area contributed by atoms with E-state index in [1.807, 2.05) is 41.8 Å². The van der Waals surface area contributed by atoms with Crippen LogP contribution in [0.25, 0.3) is 15.6 Å². The molecule has 0 N–H and O–H groups in total. The SMILES string of the molecule is COc1cccc(Cn2ncc3c(c(Br)n4cc(C)sc34)c2=O)c1. The highest BCUT2D eigenvalue weighted by molar-refractivity contribution is 9.10. The molecule has 1 aromatic carbocycles. The molecular formula is C17H14BrN3O2S. The molecule has 0 radical (unpaired) electrons. The maximum Gasteiger partial charge on any atom is 0.277 e. The van der Waals surface area contributed by atoms with Gasteiger partial charge in [0, 0.05) is 16.5 Å². The average Bonchev–Trinajstić information content (AvgIpc) is 3.08. The summed E-state index contributed by atoms with van der Waals surface area (Å²) in [6.45, 7) is 2.45. The molecule has 0 saturated heterocycles. The Morgan fingerprint density at radius 3 is 3.00 bits per heavy atom. The molecule has 122 valence electrons. The predicted molar refractivity (Wildman–Crippen MR) is 99.4 cm³/mol. The van der Waals surface area contributed by atoms with Crippen LogP contribution in [0.5, 0.6) is 5.75 Å². The van der Waals surface area contributed by atoms with Gasteiger partial charge in [-0.3, -0.25) is 4.79 Å². The van der Waals surface area contributed by atoms with E-state index in [4.69, 9.17) is 4.74 Å². The minimum atomic E-state index is -0.101. The van der Waals surface area contributed by atoms with Crippen LogP contribution in [0.1, 0.15) is 10.4 Å². The molecule has 24 heavy (non-hydrogen) atoms. The Kier molecular flexibility index (Phi) is 3.69. The van der Waals surface area contributed by atoms with Crippen molar-refractivity contribution in [3.63, 3.8) is 0 Å². The summed E-state index contributed by atoms with van der Waals surface area (Å²) >= 11 is 5.22. The molecule has 0 bridgehead atoms. The second-order valence-corrected chi connectivity index (χ2v) is 7.54. The van der Waals surface area contributed by atoms with Gasteiger partial charge in [-0.2, -0.15) is 5.10 Å². The minimum absolute atomic E-state index is 0.101. The number of ether oxygens (including phenoxy) is 1. The van der Waals surface area contributed by atoms with E-state index in [0.29, 0.717) is 11.9 Å². The summed E-state index contributed by atoms with van der Waals surface area (Å²) in [6.07, 6.45) is 3.79. The quantitative estimate of drug-likeness (QED) is 0.522. The van der Waals surface area contributed by atoms with E-state index in [-0.39, 0.29) is 5.56 Å². The van der Waals surface area contributed by atoms with Gasteiger partial charge in [-0.25, -0.2) is 4.68 Å². The second-order valence-electron chi connectivity index (χ2n) is 5.56. The number of hydrogen-bond acceptors (Lipinski definition) is 4. The van der Waals surface area contributed by atoms with Crippen LogP contribution in [0.2, 0.25) is 0 Å². The van der Waals surface area contributed by atoms with E-state index in [9.17, 15) is 4.79 Å². The normalized spacial score (nSPS) is 11.5. The molecule has 0 aliphatic heterocycles. The van der Waals surface area contributed by atoms with Crippen LogP contribution in [-0.2, 0) is 6.54 Å². The van der Waals surface area contributed by atoms with Gasteiger partial charge in [-0.15, -0.1) is 11.3 Å². The Balaban J connectivity index is 1.86. The van der Waals surface area contributed by atoms with Crippen molar-refractivity contribution in [2.45, 2.75) is 13.5 Å². The standard InChI is InChI=1S/C17H14BrN3O2S/c1-10-8-20-15(18)14-13(17(20)24-10)7-19-21(16(14)22)9-11-4-3-5-12(6-11)23-2/h3-8H,9H2,1-2H3. The van der Waals surface area contributed by atoms with Crippen LogP contribution in [0.4, 0.5) is 0 Å². The van der Waals surface area contributed by atoms with Crippen molar-refractivity contribution < 1.29 is 4.74 Å². The summed E-state index contributed by atoms with van der Waals surface area (Å²) in [5.74, 6) is 0.766. The first-order chi connectivity index (χ1) is 11.6. The van der Waals surface area contributed by atoms with E-state index in [2.05, 4.69) is 21.0 Å². The fraction of sp³-hybridized carbons (Fsp3) is 0.176. The number of fused-ring (bicyclic) bond motifs is 3. The lowest BCUT2D eigenvalue weighted by molar-refractivity contribution is 0.414. The van der Waals surface area contributed by atoms with Crippen molar-refractivity contribution in [2.24, 2.45) is 0 Å². The fourth-order valence-electron chi connectivity index (χ4n) is 2.83. The molecule has 7 heteroatoms. The molecule has 3 aromatic heterocycles. The smallest absolute Gasteiger partial charge is 0.277 e. The van der Waals surface area contributed by atoms with Gasteiger partial charge in [-0.05, 0) is 40.5 Å². The number of benzene rings is 1. The largest absolute Gasteiger partial charge is 0.497 e. The third-order valence-electron chi connectivity index (χ3n) is 3.95. The van der Waals surface area contributed by atoms with Crippen LogP contribution in [0, 0.1) is 6.92 Å². The van der Waals surface area contributed by atoms with E-state index >= 15 is 0 Å². The summed E-state index contributed by atoms with van der Waals surface area (Å²) < 4.78 is 9.51. The molecule has 0 unspecified atom stereocenters. The Hall–Kier alpha value is -2.12. The number of aryl methyl sites for hydroxylation is 1. The van der Waals surface area contributed by atoms with Gasteiger partial charge in [0.05, 0.1) is 25.2 Å². The van der Waals surface area contributed by atoms with Crippen molar-refractivity contribution in [1.82, 2.24) is 14.2 Å². The molecule has 0 spiro atoms. The highest BCUT2D eigenvalue weighted by atomic mass is 79.9. The molecule has 0 saturated carbocycles. The first-order valence-corrected chi connectivity index (χ1v) is 8.98. The molecule has 0 atom stereocenters. The maximum atomic E-state index is 12.9. The lowest BCUT2D eigenvalue weighted by Crippen LogP contribution is -2.23. The molecule has 4 aromatic rings. The Morgan fingerprint density at radius 1 is 1.38 bits per heavy atom. The maximum absolute atomic E-state index is 12.9. The van der Waals surface area contributed by atoms with E-state index in [1.165, 1.54) is 9.56 Å². The number of nitrogens with zero attached hydrogens (tertiary/aromatic N) is 3. The summed E-state index contributed by atoms with van der Waals surface area (Å²) in [5, 5.41) is 5.91. The average molecular weight is 404 g/mol. The van der Waals surface area contributed by atoms with Crippen LogP contribution in [-0.4, -0.2) is 21.3 Å². The van der Waals surface area contributed by atoms with E-state index < -0.39 is 0 Å². The topological polar surface area (TPSA) is 48.5 Å². The van der Waals surface area contributed by atoms with Crippen molar-refractivity contribution in [3.05, 3.63) is 62.1 Å². The van der Waals surface area contributed by atoms with Gasteiger partial charge < -0.3 is 9.14 Å². The Labute approximate surface area is 150 Å². The predicted octanol–water partition coefficient (Wildman–Crippen LogP) is 3.84. The highest BCUT2D eigenvalue weighted by Gasteiger charge is 2.17. The zero-order chi connectivity index (χ0) is 16.8. The number of hydrogen-bond donors (Lipinski definition) is 0. The third kappa shape index (κ3) is 2.35. The number of halogens is 1. The molecule has 0 aliphatic rings. The van der Waals surface area contributed by atoms with Gasteiger partial charge in [0.25, 0.3) is 5.56 Å². The molecule has 3 heterocycles. The summed E-state index contributed by atoms with van der Waals surface area (Å²) in [6, 6.07) is 7.65. The summed E-state index contributed by atoms with van der Waals surface area (Å²) in [4.78, 5) is 15.1. The minimum Gasteiger partial charge on any atom is -0.497 e. The highest BCUT2D eigenvalue weighted by Crippen LogP contribution is 2.32. The van der Waals surface area contributed by atoms with Crippen LogP contribution in [0.3, 0.4) is 0 Å². The molecule has 0 amide bonds. The molecule has 0 aliphatic carbocycles. The van der Waals surface area contributed by atoms with Crippen molar-refractivity contribution >= 4 is 42.9 Å². The van der Waals surface area contributed by atoms with E-state index in [1.54, 1.807) is 24.6 Å². The van der Waals surface area contributed by atoms with Gasteiger partial charge >= 0.3 is 0 Å². The van der Waals surface area contributed by atoms with Crippen molar-refractivity contribution in [3.8, 4) is 5.75 Å². The second kappa shape index (κ2) is 5.75. The third-order valence-corrected chi connectivity index (χ3v) is 5.76. The summed E-state index contributed by atoms with van der Waals surface area (Å²) in [5.41, 5.74) is 0.868. The first kappa shape index (κ1) is 15.4. The Bertz CT molecular complexity index is 1130. The van der Waals surface area contributed by atoms with Crippen LogP contribution in [0.15, 0.2) is 46.1 Å². The van der Waals surface area contributed by atoms with Gasteiger partial charge in [0.1, 0.15) is 15.2 Å². The number of aromatic nitrogens is 3. The van der Waals surface area contributed by atoms with Crippen LogP contribution < -0.4 is 10.3 Å². The zero-order valence-corrected chi connectivity index (χ0v) is 15.5. The number of rotatable bonds is 3. The molecule has 4 rings (SSSR count). The first-order valence-electron chi connectivity index (χ1n) is 7.37. The number of methoxy groups -OCH3 is 1. The van der Waals surface area contributed by atoms with Crippen molar-refractivity contribution in [2.75, 3.05) is 7.11 Å². The van der Waals surface area contributed by atoms with Crippen molar-refractivity contribution in [1.29, 1.82) is 0 Å². The van der Waals surface area contributed by atoms with Gasteiger partial charge in [0.15, 0.2) is 0 Å². The van der Waals surface area contributed by atoms with E-state index in [0.717, 1.165) is 26.1 Å². The van der Waals surface area contributed by atoms with Gasteiger partial charge in [0.2, 0.25) is 0 Å². The fourth-order valence-corrected chi connectivity index (χ4v) is 4.58. The Morgan fingerprint density at radius 2 is 2.21 bits per heavy atom. The molecular weight excluding hydrogens is 390 g/mol. The van der Waals surface area contributed by atoms with Crippen LogP contribution >= 0.6 is 27.3 Å². The van der Waals surface area contributed by atoms with Gasteiger partial charge in [-0.1, -0.05) is 12.1 Å². The lowest BCUT2D eigenvalue weighted by Gasteiger charge is -2.06. The monoisotopic (exact) mass is 403 g/mol. The molecule has 0 fully saturated rings. The number of thiazole rings is 1. The molecule has 5 nitrogen and oxygen atoms in total.